The summed E-state index contributed by atoms with van der Waals surface area (Å²) in [4.78, 5) is 47.7. The van der Waals surface area contributed by atoms with Crippen molar-refractivity contribution in [3.63, 3.8) is 0 Å². The van der Waals surface area contributed by atoms with Crippen molar-refractivity contribution in [1.82, 2.24) is 14.8 Å². The lowest BCUT2D eigenvalue weighted by Crippen LogP contribution is -2.38. The molecule has 5 rings (SSSR count). The van der Waals surface area contributed by atoms with E-state index < -0.39 is 17.6 Å². The van der Waals surface area contributed by atoms with Crippen molar-refractivity contribution >= 4 is 35.1 Å². The van der Waals surface area contributed by atoms with Gasteiger partial charge in [-0.2, -0.15) is 0 Å². The summed E-state index contributed by atoms with van der Waals surface area (Å²) in [5.41, 5.74) is 1.73. The molecule has 3 N–H and O–H groups in total. The number of nitrogens with zero attached hydrogens (tertiary/aromatic N) is 3. The lowest BCUT2D eigenvalue weighted by molar-refractivity contribution is 0.0635. The second-order valence-corrected chi connectivity index (χ2v) is 13.3. The molecule has 3 aromatic rings. The topological polar surface area (TPSA) is 134 Å². The maximum atomic E-state index is 13.6. The summed E-state index contributed by atoms with van der Waals surface area (Å²) in [5, 5.41) is 8.50. The lowest BCUT2D eigenvalue weighted by atomic mass is 9.99. The molecule has 12 heteroatoms. The quantitative estimate of drug-likeness (QED) is 0.222. The summed E-state index contributed by atoms with van der Waals surface area (Å²) < 4.78 is 16.6. The van der Waals surface area contributed by atoms with Gasteiger partial charge in [-0.25, -0.2) is 9.59 Å². The summed E-state index contributed by atoms with van der Waals surface area (Å²) in [6, 6.07) is 15.4. The number of aromatic nitrogens is 1. The zero-order valence-electron chi connectivity index (χ0n) is 28.2. The molecule has 0 unspecified atom stereocenters. The van der Waals surface area contributed by atoms with Gasteiger partial charge in [0, 0.05) is 31.0 Å². The third kappa shape index (κ3) is 10.1. The number of amides is 4. The lowest BCUT2D eigenvalue weighted by Gasteiger charge is -2.31. The largest absolute Gasteiger partial charge is 0.486 e. The maximum absolute atomic E-state index is 13.6. The third-order valence-corrected chi connectivity index (χ3v) is 8.10. The number of hydrogen-bond acceptors (Lipinski definition) is 8. The van der Waals surface area contributed by atoms with Crippen LogP contribution >= 0.6 is 0 Å². The number of nitrogens with one attached hydrogen (secondary N) is 3. The van der Waals surface area contributed by atoms with E-state index in [1.165, 1.54) is 12.8 Å². The summed E-state index contributed by atoms with van der Waals surface area (Å²) >= 11 is 0. The van der Waals surface area contributed by atoms with Gasteiger partial charge in [-0.1, -0.05) is 25.1 Å². The molecule has 4 amide bonds. The van der Waals surface area contributed by atoms with Gasteiger partial charge in [0.25, 0.3) is 5.91 Å². The van der Waals surface area contributed by atoms with E-state index in [0.29, 0.717) is 54.9 Å². The van der Waals surface area contributed by atoms with Crippen molar-refractivity contribution in [2.75, 3.05) is 55.3 Å². The molecule has 256 valence electrons. The van der Waals surface area contributed by atoms with Crippen LogP contribution < -0.4 is 25.4 Å². The first-order chi connectivity index (χ1) is 23.0. The standard InChI is InChI=1S/C36H46N6O6/c1-25-14-18-41(19-15-25)16-7-17-42(34(44)38-27-11-13-31-32(22-27)47-21-20-46-31)24-26-10-12-30(37-23-26)33(43)39-28-8-5-6-9-29(28)40-35(45)48-36(2,3)4/h5-6,8-13,22-23,25H,7,14-21,24H2,1-4H3,(H,38,44)(H,39,43)(H,40,45). The zero-order valence-corrected chi connectivity index (χ0v) is 28.2. The van der Waals surface area contributed by atoms with Crippen molar-refractivity contribution in [1.29, 1.82) is 0 Å². The number of anilines is 3. The van der Waals surface area contributed by atoms with Crippen LogP contribution in [0.15, 0.2) is 60.8 Å². The molecule has 1 saturated heterocycles. The van der Waals surface area contributed by atoms with Gasteiger partial charge in [0.1, 0.15) is 24.5 Å². The van der Waals surface area contributed by atoms with Gasteiger partial charge in [-0.3, -0.25) is 15.1 Å². The Hall–Kier alpha value is -4.84. The minimum Gasteiger partial charge on any atom is -0.486 e. The Morgan fingerprint density at radius 1 is 0.938 bits per heavy atom. The molecule has 2 aromatic carbocycles. The Bertz CT molecular complexity index is 1570. The molecule has 12 nitrogen and oxygen atoms in total. The molecule has 0 aliphatic carbocycles. The molecular weight excluding hydrogens is 612 g/mol. The maximum Gasteiger partial charge on any atom is 0.412 e. The number of fused-ring (bicyclic) bond motifs is 1. The Balaban J connectivity index is 1.23. The number of pyridine rings is 1. The van der Waals surface area contributed by atoms with E-state index in [2.05, 4.69) is 32.8 Å². The summed E-state index contributed by atoms with van der Waals surface area (Å²) in [6.45, 7) is 12.5. The molecule has 1 fully saturated rings. The number of ether oxygens (including phenoxy) is 3. The number of likely N-dealkylation sites (tertiary alicyclic amines) is 1. The number of para-hydroxylation sites is 2. The highest BCUT2D eigenvalue weighted by molar-refractivity contribution is 6.05. The second kappa shape index (κ2) is 15.8. The molecule has 1 aromatic heterocycles. The first kappa shape index (κ1) is 34.5. The third-order valence-electron chi connectivity index (χ3n) is 8.10. The normalized spacial score (nSPS) is 14.9. The Kier molecular flexibility index (Phi) is 11.4. The van der Waals surface area contributed by atoms with E-state index in [1.807, 2.05) is 0 Å². The molecule has 2 aliphatic heterocycles. The molecule has 0 atom stereocenters. The van der Waals surface area contributed by atoms with Gasteiger partial charge in [-0.15, -0.1) is 0 Å². The van der Waals surface area contributed by atoms with Crippen molar-refractivity contribution in [2.24, 2.45) is 5.92 Å². The minimum atomic E-state index is -0.665. The molecule has 0 spiro atoms. The second-order valence-electron chi connectivity index (χ2n) is 13.3. The highest BCUT2D eigenvalue weighted by Crippen LogP contribution is 2.33. The number of urea groups is 1. The monoisotopic (exact) mass is 658 g/mol. The fourth-order valence-corrected chi connectivity index (χ4v) is 5.52. The molecule has 0 bridgehead atoms. The summed E-state index contributed by atoms with van der Waals surface area (Å²) in [7, 11) is 0. The Morgan fingerprint density at radius 2 is 1.65 bits per heavy atom. The van der Waals surface area contributed by atoms with Crippen molar-refractivity contribution in [3.05, 3.63) is 72.1 Å². The van der Waals surface area contributed by atoms with Crippen LogP contribution in [0.5, 0.6) is 11.5 Å². The van der Waals surface area contributed by atoms with E-state index in [0.717, 1.165) is 37.5 Å². The van der Waals surface area contributed by atoms with Gasteiger partial charge in [0.05, 0.1) is 11.4 Å². The predicted molar refractivity (Wildman–Crippen MR) is 185 cm³/mol. The van der Waals surface area contributed by atoms with E-state index in [4.69, 9.17) is 14.2 Å². The fraction of sp³-hybridized carbons (Fsp3) is 0.444. The first-order valence-electron chi connectivity index (χ1n) is 16.6. The average Bonchev–Trinajstić information content (AvgIpc) is 3.05. The fourth-order valence-electron chi connectivity index (χ4n) is 5.52. The van der Waals surface area contributed by atoms with Crippen molar-refractivity contribution in [2.45, 2.75) is 59.1 Å². The average molecular weight is 659 g/mol. The molecule has 2 aliphatic rings. The molecular formula is C36H46N6O6. The van der Waals surface area contributed by atoms with Crippen LogP contribution in [-0.2, 0) is 11.3 Å². The van der Waals surface area contributed by atoms with Crippen LogP contribution in [0.25, 0.3) is 0 Å². The van der Waals surface area contributed by atoms with E-state index >= 15 is 0 Å². The van der Waals surface area contributed by atoms with Crippen molar-refractivity contribution in [3.8, 4) is 11.5 Å². The van der Waals surface area contributed by atoms with Gasteiger partial charge < -0.3 is 34.6 Å². The summed E-state index contributed by atoms with van der Waals surface area (Å²) in [6.07, 6.45) is 4.21. The zero-order chi connectivity index (χ0) is 34.1. The molecule has 0 saturated carbocycles. The number of hydrogen-bond donors (Lipinski definition) is 3. The number of carbonyl (C=O) groups is 3. The summed E-state index contributed by atoms with van der Waals surface area (Å²) in [5.74, 6) is 1.58. The molecule has 3 heterocycles. The van der Waals surface area contributed by atoms with Crippen LogP contribution in [0.2, 0.25) is 0 Å². The van der Waals surface area contributed by atoms with E-state index in [1.54, 1.807) is 86.5 Å². The number of benzene rings is 2. The van der Waals surface area contributed by atoms with Crippen LogP contribution in [0.4, 0.5) is 26.7 Å². The smallest absolute Gasteiger partial charge is 0.412 e. The van der Waals surface area contributed by atoms with E-state index in [9.17, 15) is 14.4 Å². The highest BCUT2D eigenvalue weighted by Gasteiger charge is 2.21. The predicted octanol–water partition coefficient (Wildman–Crippen LogP) is 6.61. The Labute approximate surface area is 282 Å². The number of rotatable bonds is 10. The number of piperidine rings is 1. The number of carbonyl (C=O) groups excluding carboxylic acids is 3. The molecule has 48 heavy (non-hydrogen) atoms. The van der Waals surface area contributed by atoms with Crippen molar-refractivity contribution < 1.29 is 28.6 Å². The van der Waals surface area contributed by atoms with Crippen LogP contribution in [-0.4, -0.2) is 77.8 Å². The van der Waals surface area contributed by atoms with Gasteiger partial charge >= 0.3 is 12.1 Å². The SMILES string of the molecule is CC1CCN(CCCN(Cc2ccc(C(=O)Nc3ccccc3NC(=O)OC(C)(C)C)nc2)C(=O)Nc2ccc3c(c2)OCCO3)CC1. The highest BCUT2D eigenvalue weighted by atomic mass is 16.6. The van der Waals surface area contributed by atoms with Gasteiger partial charge in [-0.05, 0) is 101 Å². The van der Waals surface area contributed by atoms with E-state index in [-0.39, 0.29) is 11.7 Å². The Morgan fingerprint density at radius 3 is 2.33 bits per heavy atom. The molecule has 0 radical (unpaired) electrons. The van der Waals surface area contributed by atoms with Gasteiger partial charge in [0.15, 0.2) is 11.5 Å². The van der Waals surface area contributed by atoms with Crippen LogP contribution in [0, 0.1) is 5.92 Å². The van der Waals surface area contributed by atoms with Crippen LogP contribution in [0.3, 0.4) is 0 Å². The first-order valence-corrected chi connectivity index (χ1v) is 16.6. The minimum absolute atomic E-state index is 0.192. The van der Waals surface area contributed by atoms with Crippen LogP contribution in [0.1, 0.15) is 63.0 Å². The van der Waals surface area contributed by atoms with Gasteiger partial charge in [0.2, 0.25) is 0 Å².